The highest BCUT2D eigenvalue weighted by molar-refractivity contribution is 9.10. The minimum absolute atomic E-state index is 0.283. The average Bonchev–Trinajstić information content (AvgIpc) is 2.54. The van der Waals surface area contributed by atoms with E-state index in [1.54, 1.807) is 12.1 Å². The van der Waals surface area contributed by atoms with Crippen LogP contribution in [0.2, 0.25) is 0 Å². The summed E-state index contributed by atoms with van der Waals surface area (Å²) in [5.74, 6) is 0.663. The van der Waals surface area contributed by atoms with Gasteiger partial charge in [0, 0.05) is 38.1 Å². The van der Waals surface area contributed by atoms with Gasteiger partial charge in [0.15, 0.2) is 0 Å². The maximum absolute atomic E-state index is 10.7. The zero-order valence-electron chi connectivity index (χ0n) is 12.3. The van der Waals surface area contributed by atoms with Gasteiger partial charge < -0.3 is 14.6 Å². The molecule has 1 unspecified atom stereocenters. The Morgan fingerprint density at radius 3 is 2.79 bits per heavy atom. The zero-order valence-corrected chi connectivity index (χ0v) is 14.7. The quantitative estimate of drug-likeness (QED) is 0.636. The molecule has 2 aromatic carbocycles. The van der Waals surface area contributed by atoms with Crippen LogP contribution < -0.4 is 10.0 Å². The predicted octanol–water partition coefficient (Wildman–Crippen LogP) is 3.49. The van der Waals surface area contributed by atoms with Crippen molar-refractivity contribution in [2.45, 2.75) is 0 Å². The van der Waals surface area contributed by atoms with E-state index in [0.29, 0.717) is 16.9 Å². The third-order valence-electron chi connectivity index (χ3n) is 3.28. The van der Waals surface area contributed by atoms with Crippen LogP contribution in [0.15, 0.2) is 59.8 Å². The Morgan fingerprint density at radius 2 is 2.04 bits per heavy atom. The highest BCUT2D eigenvalue weighted by atomic mass is 79.9. The summed E-state index contributed by atoms with van der Waals surface area (Å²) in [6.07, 6.45) is 1.45. The van der Waals surface area contributed by atoms with Gasteiger partial charge in [0.05, 0.1) is 5.52 Å². The zero-order chi connectivity index (χ0) is 17.1. The molecule has 6 nitrogen and oxygen atoms in total. The van der Waals surface area contributed by atoms with Crippen molar-refractivity contribution in [3.63, 3.8) is 0 Å². The smallest absolute Gasteiger partial charge is 0.141 e. The van der Waals surface area contributed by atoms with Gasteiger partial charge in [-0.1, -0.05) is 34.6 Å². The van der Waals surface area contributed by atoms with Gasteiger partial charge in [-0.05, 0) is 30.3 Å². The lowest BCUT2D eigenvalue weighted by molar-refractivity contribution is 0.532. The van der Waals surface area contributed by atoms with Crippen LogP contribution in [-0.2, 0) is 11.3 Å². The molecule has 1 aromatic heterocycles. The Morgan fingerprint density at radius 1 is 1.21 bits per heavy atom. The largest absolute Gasteiger partial charge is 0.755 e. The van der Waals surface area contributed by atoms with Crippen molar-refractivity contribution in [3.8, 4) is 0 Å². The molecular weight excluding hydrogens is 392 g/mol. The molecular formula is C16H12BrN4O2S-. The summed E-state index contributed by atoms with van der Waals surface area (Å²) < 4.78 is 24.6. The van der Waals surface area contributed by atoms with Crippen molar-refractivity contribution < 1.29 is 8.76 Å². The first-order valence-corrected chi connectivity index (χ1v) is 8.72. The van der Waals surface area contributed by atoms with Crippen LogP contribution in [0.5, 0.6) is 0 Å². The number of aromatic nitrogens is 2. The first kappa shape index (κ1) is 16.6. The second-order valence-electron chi connectivity index (χ2n) is 4.90. The summed E-state index contributed by atoms with van der Waals surface area (Å²) in [5.41, 5.74) is 2.49. The van der Waals surface area contributed by atoms with Gasteiger partial charge in [-0.2, -0.15) is 0 Å². The molecule has 2 N–H and O–H groups in total. The Kier molecular flexibility index (Phi) is 4.89. The number of rotatable bonds is 5. The van der Waals surface area contributed by atoms with E-state index in [1.165, 1.54) is 6.33 Å². The lowest BCUT2D eigenvalue weighted by atomic mass is 10.1. The number of hydrogen-bond acceptors (Lipinski definition) is 5. The second kappa shape index (κ2) is 7.08. The molecule has 0 saturated carbocycles. The molecule has 8 heteroatoms. The number of nitrogens with zero attached hydrogens (tertiary/aromatic N) is 2. The number of hydrogen-bond donors (Lipinski definition) is 2. The van der Waals surface area contributed by atoms with Gasteiger partial charge in [0.2, 0.25) is 0 Å². The SMILES string of the molecule is C=C(NS(=O)[O-])c1ccc2c(Nc3cccc(Br)c3)ncnc2c1. The monoisotopic (exact) mass is 403 g/mol. The van der Waals surface area contributed by atoms with Crippen LogP contribution in [0.4, 0.5) is 11.5 Å². The van der Waals surface area contributed by atoms with Crippen LogP contribution in [0.3, 0.4) is 0 Å². The molecule has 0 saturated heterocycles. The third-order valence-corrected chi connectivity index (χ3v) is 4.19. The molecule has 0 aliphatic carbocycles. The van der Waals surface area contributed by atoms with Crippen LogP contribution >= 0.6 is 15.9 Å². The first-order chi connectivity index (χ1) is 11.5. The third kappa shape index (κ3) is 3.78. The first-order valence-electron chi connectivity index (χ1n) is 6.85. The maximum Gasteiger partial charge on any atom is 0.141 e. The standard InChI is InChI=1S/C16H13BrN4O2S/c1-10(21-24(22)23)11-5-6-14-15(7-11)18-9-19-16(14)20-13-4-2-3-12(17)8-13/h2-9,21H,1H2,(H,22,23)(H,18,19,20)/p-1. The Hall–Kier alpha value is -2.29. The molecule has 0 aliphatic heterocycles. The lowest BCUT2D eigenvalue weighted by Gasteiger charge is -2.13. The fraction of sp³-hybridized carbons (Fsp3) is 0. The molecule has 3 rings (SSSR count). The predicted molar refractivity (Wildman–Crippen MR) is 98.1 cm³/mol. The second-order valence-corrected chi connectivity index (χ2v) is 6.49. The van der Waals surface area contributed by atoms with Crippen molar-refractivity contribution in [1.29, 1.82) is 0 Å². The number of anilines is 2. The van der Waals surface area contributed by atoms with Crippen molar-refractivity contribution >= 4 is 55.3 Å². The summed E-state index contributed by atoms with van der Waals surface area (Å²) in [5, 5.41) is 4.07. The van der Waals surface area contributed by atoms with E-state index >= 15 is 0 Å². The van der Waals surface area contributed by atoms with Gasteiger partial charge in [0.1, 0.15) is 12.1 Å². The molecule has 122 valence electrons. The highest BCUT2D eigenvalue weighted by Gasteiger charge is 2.07. The fourth-order valence-electron chi connectivity index (χ4n) is 2.21. The molecule has 24 heavy (non-hydrogen) atoms. The van der Waals surface area contributed by atoms with E-state index in [9.17, 15) is 8.76 Å². The van der Waals surface area contributed by atoms with Gasteiger partial charge in [-0.3, -0.25) is 4.21 Å². The van der Waals surface area contributed by atoms with Crippen LogP contribution in [0.1, 0.15) is 5.56 Å². The molecule has 1 heterocycles. The molecule has 0 fully saturated rings. The summed E-state index contributed by atoms with van der Waals surface area (Å²) in [4.78, 5) is 8.52. The molecule has 0 spiro atoms. The molecule has 0 bridgehead atoms. The number of fused-ring (bicyclic) bond motifs is 1. The molecule has 0 amide bonds. The molecule has 0 aliphatic rings. The van der Waals surface area contributed by atoms with Gasteiger partial charge in [0.25, 0.3) is 0 Å². The van der Waals surface area contributed by atoms with E-state index < -0.39 is 11.3 Å². The minimum atomic E-state index is -2.41. The molecule has 1 atom stereocenters. The topological polar surface area (TPSA) is 90.0 Å². The van der Waals surface area contributed by atoms with E-state index in [1.807, 2.05) is 30.3 Å². The minimum Gasteiger partial charge on any atom is -0.755 e. The van der Waals surface area contributed by atoms with E-state index in [0.717, 1.165) is 15.5 Å². The summed E-state index contributed by atoms with van der Waals surface area (Å²) in [7, 11) is 0. The molecule has 3 aromatic rings. The van der Waals surface area contributed by atoms with Gasteiger partial charge >= 0.3 is 0 Å². The van der Waals surface area contributed by atoms with Gasteiger partial charge in [-0.15, -0.1) is 0 Å². The number of benzene rings is 2. The van der Waals surface area contributed by atoms with Crippen LogP contribution in [0.25, 0.3) is 16.6 Å². The average molecular weight is 404 g/mol. The van der Waals surface area contributed by atoms with E-state index in [4.69, 9.17) is 0 Å². The highest BCUT2D eigenvalue weighted by Crippen LogP contribution is 2.26. The summed E-state index contributed by atoms with van der Waals surface area (Å²) in [6.45, 7) is 3.70. The normalized spacial score (nSPS) is 11.9. The van der Waals surface area contributed by atoms with Crippen molar-refractivity contribution in [2.24, 2.45) is 0 Å². The van der Waals surface area contributed by atoms with E-state index in [2.05, 4.69) is 42.5 Å². The Balaban J connectivity index is 1.96. The van der Waals surface area contributed by atoms with E-state index in [-0.39, 0.29) is 5.70 Å². The van der Waals surface area contributed by atoms with Crippen molar-refractivity contribution in [3.05, 3.63) is 65.4 Å². The van der Waals surface area contributed by atoms with Crippen molar-refractivity contribution in [1.82, 2.24) is 14.7 Å². The number of nitrogens with one attached hydrogen (secondary N) is 2. The Bertz CT molecular complexity index is 948. The summed E-state index contributed by atoms with van der Waals surface area (Å²) in [6, 6.07) is 13.1. The number of halogens is 1. The Labute approximate surface area is 149 Å². The van der Waals surface area contributed by atoms with Crippen molar-refractivity contribution in [2.75, 3.05) is 5.32 Å². The van der Waals surface area contributed by atoms with Gasteiger partial charge in [-0.25, -0.2) is 9.97 Å². The summed E-state index contributed by atoms with van der Waals surface area (Å²) >= 11 is 1.02. The van der Waals surface area contributed by atoms with Crippen LogP contribution in [0, 0.1) is 0 Å². The van der Waals surface area contributed by atoms with Crippen LogP contribution in [-0.4, -0.2) is 18.7 Å². The molecule has 0 radical (unpaired) electrons. The fourth-order valence-corrected chi connectivity index (χ4v) is 2.93. The lowest BCUT2D eigenvalue weighted by Crippen LogP contribution is -2.13. The maximum atomic E-state index is 10.7.